The van der Waals surface area contributed by atoms with Crippen molar-refractivity contribution in [3.05, 3.63) is 84.4 Å². The Balaban J connectivity index is 2.06. The van der Waals surface area contributed by atoms with E-state index in [-0.39, 0.29) is 6.10 Å². The maximum atomic E-state index is 5.92. The lowest BCUT2D eigenvalue weighted by molar-refractivity contribution is -0.193. The highest BCUT2D eigenvalue weighted by molar-refractivity contribution is 5.16. The fourth-order valence-electron chi connectivity index (χ4n) is 1.98. The van der Waals surface area contributed by atoms with Gasteiger partial charge in [0.25, 0.3) is 0 Å². The molecule has 2 aromatic carbocycles. The Morgan fingerprint density at radius 1 is 0.950 bits per heavy atom. The van der Waals surface area contributed by atoms with E-state index in [1.54, 1.807) is 0 Å². The van der Waals surface area contributed by atoms with Crippen LogP contribution in [0.3, 0.4) is 0 Å². The lowest BCUT2D eigenvalue weighted by Gasteiger charge is -2.24. The SMILES string of the molecule is C=C[C@@H](C)ON(Cc1ccccc1)Cc1ccccc1. The Kier molecular flexibility index (Phi) is 5.54. The molecule has 0 saturated heterocycles. The minimum absolute atomic E-state index is 0.00224. The van der Waals surface area contributed by atoms with Crippen LogP contribution < -0.4 is 0 Å². The smallest absolute Gasteiger partial charge is 0.0943 e. The molecule has 0 radical (unpaired) electrons. The Morgan fingerprint density at radius 3 is 1.80 bits per heavy atom. The summed E-state index contributed by atoms with van der Waals surface area (Å²) in [7, 11) is 0. The molecule has 0 amide bonds. The molecule has 0 saturated carbocycles. The van der Waals surface area contributed by atoms with Crippen LogP contribution in [-0.4, -0.2) is 11.2 Å². The van der Waals surface area contributed by atoms with Crippen molar-refractivity contribution in [2.75, 3.05) is 0 Å². The normalized spacial score (nSPS) is 12.3. The van der Waals surface area contributed by atoms with Gasteiger partial charge >= 0.3 is 0 Å². The molecule has 0 aliphatic carbocycles. The molecule has 2 nitrogen and oxygen atoms in total. The first kappa shape index (κ1) is 14.5. The topological polar surface area (TPSA) is 12.5 Å². The summed E-state index contributed by atoms with van der Waals surface area (Å²) in [6, 6.07) is 20.7. The summed E-state index contributed by atoms with van der Waals surface area (Å²) in [5.41, 5.74) is 2.47. The van der Waals surface area contributed by atoms with Gasteiger partial charge < -0.3 is 0 Å². The summed E-state index contributed by atoms with van der Waals surface area (Å²) in [5, 5.41) is 1.98. The fraction of sp³-hybridized carbons (Fsp3) is 0.222. The second-order valence-corrected chi connectivity index (χ2v) is 4.82. The van der Waals surface area contributed by atoms with Crippen LogP contribution in [0.5, 0.6) is 0 Å². The van der Waals surface area contributed by atoms with Gasteiger partial charge in [-0.3, -0.25) is 4.84 Å². The molecule has 2 heteroatoms. The molecule has 20 heavy (non-hydrogen) atoms. The standard InChI is InChI=1S/C18H21NO/c1-3-16(2)20-19(14-17-10-6-4-7-11-17)15-18-12-8-5-9-13-18/h3-13,16H,1,14-15H2,2H3/t16-/m1/s1. The van der Waals surface area contributed by atoms with E-state index in [9.17, 15) is 0 Å². The highest BCUT2D eigenvalue weighted by atomic mass is 16.7. The zero-order chi connectivity index (χ0) is 14.2. The van der Waals surface area contributed by atoms with E-state index in [4.69, 9.17) is 4.84 Å². The molecule has 0 heterocycles. The van der Waals surface area contributed by atoms with Crippen LogP contribution in [0, 0.1) is 0 Å². The number of hydrogen-bond donors (Lipinski definition) is 0. The summed E-state index contributed by atoms with van der Waals surface area (Å²) >= 11 is 0. The van der Waals surface area contributed by atoms with Crippen LogP contribution in [0.15, 0.2) is 73.3 Å². The van der Waals surface area contributed by atoms with Crippen molar-refractivity contribution in [3.8, 4) is 0 Å². The van der Waals surface area contributed by atoms with Crippen molar-refractivity contribution in [3.63, 3.8) is 0 Å². The maximum absolute atomic E-state index is 5.92. The molecular weight excluding hydrogens is 246 g/mol. The molecular formula is C18H21NO. The Morgan fingerprint density at radius 2 is 1.40 bits per heavy atom. The minimum Gasteiger partial charge on any atom is -0.291 e. The van der Waals surface area contributed by atoms with Gasteiger partial charge in [-0.2, -0.15) is 5.06 Å². The Labute approximate surface area is 121 Å². The lowest BCUT2D eigenvalue weighted by atomic mass is 10.2. The van der Waals surface area contributed by atoms with Gasteiger partial charge in [0, 0.05) is 13.1 Å². The van der Waals surface area contributed by atoms with E-state index in [1.165, 1.54) is 11.1 Å². The first-order valence-corrected chi connectivity index (χ1v) is 6.90. The van der Waals surface area contributed by atoms with Crippen molar-refractivity contribution in [2.24, 2.45) is 0 Å². The summed E-state index contributed by atoms with van der Waals surface area (Å²) in [4.78, 5) is 5.92. The predicted molar refractivity (Wildman–Crippen MR) is 82.9 cm³/mol. The van der Waals surface area contributed by atoms with Crippen LogP contribution in [0.1, 0.15) is 18.1 Å². The van der Waals surface area contributed by atoms with E-state index in [2.05, 4.69) is 30.8 Å². The monoisotopic (exact) mass is 267 g/mol. The molecule has 0 unspecified atom stereocenters. The second kappa shape index (κ2) is 7.63. The van der Waals surface area contributed by atoms with E-state index >= 15 is 0 Å². The predicted octanol–water partition coefficient (Wildman–Crippen LogP) is 4.19. The molecule has 0 aliphatic heterocycles. The van der Waals surface area contributed by atoms with Crippen LogP contribution >= 0.6 is 0 Å². The summed E-state index contributed by atoms with van der Waals surface area (Å²) in [6.45, 7) is 7.29. The third-order valence-electron chi connectivity index (χ3n) is 3.05. The highest BCUT2D eigenvalue weighted by Crippen LogP contribution is 2.12. The Hall–Kier alpha value is -1.90. The van der Waals surface area contributed by atoms with Crippen LogP contribution in [0.25, 0.3) is 0 Å². The molecule has 2 aromatic rings. The average molecular weight is 267 g/mol. The van der Waals surface area contributed by atoms with Crippen molar-refractivity contribution in [1.29, 1.82) is 0 Å². The van der Waals surface area contributed by atoms with Gasteiger partial charge in [-0.15, -0.1) is 6.58 Å². The van der Waals surface area contributed by atoms with Gasteiger partial charge in [-0.1, -0.05) is 66.7 Å². The minimum atomic E-state index is 0.00224. The molecule has 0 fully saturated rings. The van der Waals surface area contributed by atoms with Crippen LogP contribution in [0.4, 0.5) is 0 Å². The summed E-state index contributed by atoms with van der Waals surface area (Å²) < 4.78 is 0. The first-order valence-electron chi connectivity index (χ1n) is 6.90. The van der Waals surface area contributed by atoms with Crippen molar-refractivity contribution < 1.29 is 4.84 Å². The zero-order valence-electron chi connectivity index (χ0n) is 11.9. The Bertz CT molecular complexity index is 468. The summed E-state index contributed by atoms with van der Waals surface area (Å²) in [6.07, 6.45) is 1.81. The third-order valence-corrected chi connectivity index (χ3v) is 3.05. The molecule has 1 atom stereocenters. The molecule has 104 valence electrons. The number of benzene rings is 2. The maximum Gasteiger partial charge on any atom is 0.0943 e. The first-order chi connectivity index (χ1) is 9.78. The number of rotatable bonds is 7. The number of hydrogen-bond acceptors (Lipinski definition) is 2. The quantitative estimate of drug-likeness (QED) is 0.551. The summed E-state index contributed by atoms with van der Waals surface area (Å²) in [5.74, 6) is 0. The average Bonchev–Trinajstić information content (AvgIpc) is 2.49. The molecule has 0 spiro atoms. The van der Waals surface area contributed by atoms with Gasteiger partial charge in [0.05, 0.1) is 6.10 Å². The zero-order valence-corrected chi connectivity index (χ0v) is 11.9. The molecule has 0 aliphatic rings. The van der Waals surface area contributed by atoms with Gasteiger partial charge in [0.1, 0.15) is 0 Å². The molecule has 0 aromatic heterocycles. The van der Waals surface area contributed by atoms with Crippen LogP contribution in [0.2, 0.25) is 0 Å². The van der Waals surface area contributed by atoms with Crippen molar-refractivity contribution >= 4 is 0 Å². The number of hydroxylamine groups is 2. The third kappa shape index (κ3) is 4.65. The molecule has 0 bridgehead atoms. The second-order valence-electron chi connectivity index (χ2n) is 4.82. The lowest BCUT2D eigenvalue weighted by Crippen LogP contribution is -2.27. The van der Waals surface area contributed by atoms with Gasteiger partial charge in [0.15, 0.2) is 0 Å². The highest BCUT2D eigenvalue weighted by Gasteiger charge is 2.10. The molecule has 2 rings (SSSR count). The number of nitrogens with zero attached hydrogens (tertiary/aromatic N) is 1. The van der Waals surface area contributed by atoms with Gasteiger partial charge in [0.2, 0.25) is 0 Å². The van der Waals surface area contributed by atoms with E-state index in [1.807, 2.05) is 54.5 Å². The van der Waals surface area contributed by atoms with Crippen molar-refractivity contribution in [1.82, 2.24) is 5.06 Å². The van der Waals surface area contributed by atoms with E-state index in [0.29, 0.717) is 0 Å². The van der Waals surface area contributed by atoms with Gasteiger partial charge in [-0.05, 0) is 18.1 Å². The molecule has 0 N–H and O–H groups in total. The van der Waals surface area contributed by atoms with E-state index < -0.39 is 0 Å². The fourth-order valence-corrected chi connectivity index (χ4v) is 1.98. The van der Waals surface area contributed by atoms with Crippen molar-refractivity contribution in [2.45, 2.75) is 26.1 Å². The van der Waals surface area contributed by atoms with Crippen LogP contribution in [-0.2, 0) is 17.9 Å². The van der Waals surface area contributed by atoms with Gasteiger partial charge in [-0.25, -0.2) is 0 Å². The van der Waals surface area contributed by atoms with E-state index in [0.717, 1.165) is 13.1 Å². The largest absolute Gasteiger partial charge is 0.291 e.